The number of fused-ring (bicyclic) bond motifs is 3. The summed E-state index contributed by atoms with van der Waals surface area (Å²) in [5, 5.41) is 3.04. The molecule has 7 heteroatoms. The lowest BCUT2D eigenvalue weighted by Gasteiger charge is -2.44. The molecule has 1 aromatic carbocycles. The quantitative estimate of drug-likeness (QED) is 0.759. The van der Waals surface area contributed by atoms with E-state index in [0.717, 1.165) is 76.3 Å². The first-order chi connectivity index (χ1) is 14.0. The van der Waals surface area contributed by atoms with E-state index in [4.69, 9.17) is 0 Å². The van der Waals surface area contributed by atoms with Crippen molar-refractivity contribution < 1.29 is 9.59 Å². The van der Waals surface area contributed by atoms with Crippen LogP contribution in [0.4, 0.5) is 11.4 Å². The zero-order chi connectivity index (χ0) is 20.4. The predicted molar refractivity (Wildman–Crippen MR) is 116 cm³/mol. The maximum atomic E-state index is 12.8. The van der Waals surface area contributed by atoms with Gasteiger partial charge in [-0.05, 0) is 57.5 Å². The molecule has 1 atom stereocenters. The zero-order valence-corrected chi connectivity index (χ0v) is 17.7. The molecule has 3 heterocycles. The predicted octanol–water partition coefficient (Wildman–Crippen LogP) is 1.39. The van der Waals surface area contributed by atoms with E-state index in [1.54, 1.807) is 4.90 Å². The molecule has 29 heavy (non-hydrogen) atoms. The van der Waals surface area contributed by atoms with Crippen molar-refractivity contribution in [2.75, 3.05) is 69.7 Å². The van der Waals surface area contributed by atoms with Crippen LogP contribution in [0.5, 0.6) is 0 Å². The highest BCUT2D eigenvalue weighted by atomic mass is 16.2. The molecule has 2 fully saturated rings. The first-order valence-electron chi connectivity index (χ1n) is 10.9. The first-order valence-corrected chi connectivity index (χ1v) is 10.9. The fraction of sp³-hybridized carbons (Fsp3) is 0.636. The minimum atomic E-state index is -0.0622. The van der Waals surface area contributed by atoms with Crippen molar-refractivity contribution in [2.24, 2.45) is 0 Å². The Morgan fingerprint density at radius 1 is 1.07 bits per heavy atom. The molecule has 0 spiro atoms. The summed E-state index contributed by atoms with van der Waals surface area (Å²) in [7, 11) is 3.98. The molecule has 0 saturated carbocycles. The van der Waals surface area contributed by atoms with Gasteiger partial charge in [0.2, 0.25) is 5.91 Å². The molecule has 0 aliphatic carbocycles. The van der Waals surface area contributed by atoms with Crippen LogP contribution >= 0.6 is 0 Å². The molecule has 2 saturated heterocycles. The average Bonchev–Trinajstić information content (AvgIpc) is 2.75. The third kappa shape index (κ3) is 4.26. The summed E-state index contributed by atoms with van der Waals surface area (Å²) in [4.78, 5) is 34.2. The number of piperazine rings is 1. The summed E-state index contributed by atoms with van der Waals surface area (Å²) < 4.78 is 0. The summed E-state index contributed by atoms with van der Waals surface area (Å²) in [6.07, 6.45) is 4.08. The highest BCUT2D eigenvalue weighted by Crippen LogP contribution is 2.39. The second kappa shape index (κ2) is 8.71. The van der Waals surface area contributed by atoms with Crippen molar-refractivity contribution >= 4 is 23.2 Å². The van der Waals surface area contributed by atoms with E-state index in [9.17, 15) is 9.59 Å². The Labute approximate surface area is 173 Å². The van der Waals surface area contributed by atoms with E-state index in [1.807, 2.05) is 25.2 Å². The van der Waals surface area contributed by atoms with Gasteiger partial charge in [0.15, 0.2) is 0 Å². The standard InChI is InChI=1S/C22H33N5O2/c1-24-12-14-26(15-13-24)10-5-9-23-21(28)17-7-8-18-20(16-17)25(2)22(29)19-6-3-4-11-27(18)19/h7-8,16,19H,3-6,9-15H2,1-2H3,(H,23,28)/t19-/m0/s1. The molecule has 3 aliphatic rings. The lowest BCUT2D eigenvalue weighted by Crippen LogP contribution is -2.54. The molecule has 1 aromatic rings. The van der Waals surface area contributed by atoms with Crippen LogP contribution in [0.3, 0.4) is 0 Å². The summed E-state index contributed by atoms with van der Waals surface area (Å²) in [5.74, 6) is 0.0785. The van der Waals surface area contributed by atoms with E-state index < -0.39 is 0 Å². The fourth-order valence-electron chi connectivity index (χ4n) is 4.67. The Hall–Kier alpha value is -2.12. The SMILES string of the molecule is CN1CCN(CCCNC(=O)c2ccc3c(c2)N(C)C(=O)[C@@H]2CCCCN32)CC1. The van der Waals surface area contributed by atoms with Gasteiger partial charge in [0, 0.05) is 51.9 Å². The number of hydrogen-bond acceptors (Lipinski definition) is 5. The highest BCUT2D eigenvalue weighted by molar-refractivity contribution is 6.07. The maximum Gasteiger partial charge on any atom is 0.251 e. The van der Waals surface area contributed by atoms with Crippen LogP contribution in [-0.2, 0) is 4.79 Å². The first kappa shape index (κ1) is 20.2. The largest absolute Gasteiger partial charge is 0.358 e. The van der Waals surface area contributed by atoms with Gasteiger partial charge in [0.25, 0.3) is 5.91 Å². The summed E-state index contributed by atoms with van der Waals surface area (Å²) >= 11 is 0. The number of nitrogens with one attached hydrogen (secondary N) is 1. The Morgan fingerprint density at radius 2 is 1.86 bits per heavy atom. The molecule has 0 unspecified atom stereocenters. The minimum Gasteiger partial charge on any atom is -0.358 e. The maximum absolute atomic E-state index is 12.8. The van der Waals surface area contributed by atoms with Crippen LogP contribution in [0.1, 0.15) is 36.0 Å². The van der Waals surface area contributed by atoms with Crippen molar-refractivity contribution in [1.82, 2.24) is 15.1 Å². The number of rotatable bonds is 5. The van der Waals surface area contributed by atoms with Gasteiger partial charge < -0.3 is 24.9 Å². The fourth-order valence-corrected chi connectivity index (χ4v) is 4.67. The summed E-state index contributed by atoms with van der Waals surface area (Å²) in [6.45, 7) is 7.05. The number of piperidine rings is 1. The van der Waals surface area contributed by atoms with Crippen LogP contribution in [0, 0.1) is 0 Å². The van der Waals surface area contributed by atoms with Crippen LogP contribution in [0.25, 0.3) is 0 Å². The number of hydrogen-bond donors (Lipinski definition) is 1. The lowest BCUT2D eigenvalue weighted by molar-refractivity contribution is -0.120. The average molecular weight is 400 g/mol. The van der Waals surface area contributed by atoms with Crippen molar-refractivity contribution in [2.45, 2.75) is 31.7 Å². The smallest absolute Gasteiger partial charge is 0.251 e. The van der Waals surface area contributed by atoms with Crippen LogP contribution in [0.15, 0.2) is 18.2 Å². The zero-order valence-electron chi connectivity index (χ0n) is 17.7. The summed E-state index contributed by atoms with van der Waals surface area (Å²) in [5.41, 5.74) is 2.54. The van der Waals surface area contributed by atoms with Crippen LogP contribution in [-0.4, -0.2) is 87.6 Å². The Balaban J connectivity index is 1.34. The normalized spacial score (nSPS) is 23.0. The molecule has 0 bridgehead atoms. The van der Waals surface area contributed by atoms with Crippen molar-refractivity contribution in [1.29, 1.82) is 0 Å². The van der Waals surface area contributed by atoms with E-state index in [0.29, 0.717) is 12.1 Å². The van der Waals surface area contributed by atoms with Gasteiger partial charge in [-0.2, -0.15) is 0 Å². The topological polar surface area (TPSA) is 59.1 Å². The number of carbonyl (C=O) groups is 2. The molecule has 1 N–H and O–H groups in total. The third-order valence-corrected chi connectivity index (χ3v) is 6.56. The molecule has 0 radical (unpaired) electrons. The molecule has 7 nitrogen and oxygen atoms in total. The van der Waals surface area contributed by atoms with E-state index >= 15 is 0 Å². The van der Waals surface area contributed by atoms with Gasteiger partial charge in [-0.15, -0.1) is 0 Å². The lowest BCUT2D eigenvalue weighted by atomic mass is 9.96. The highest BCUT2D eigenvalue weighted by Gasteiger charge is 2.37. The van der Waals surface area contributed by atoms with Crippen molar-refractivity contribution in [3.8, 4) is 0 Å². The van der Waals surface area contributed by atoms with Gasteiger partial charge in [-0.3, -0.25) is 9.59 Å². The Morgan fingerprint density at radius 3 is 2.66 bits per heavy atom. The van der Waals surface area contributed by atoms with Crippen molar-refractivity contribution in [3.63, 3.8) is 0 Å². The van der Waals surface area contributed by atoms with Gasteiger partial charge >= 0.3 is 0 Å². The van der Waals surface area contributed by atoms with Gasteiger partial charge in [0.05, 0.1) is 11.4 Å². The Bertz CT molecular complexity index is 760. The second-order valence-electron chi connectivity index (χ2n) is 8.56. The Kier molecular flexibility index (Phi) is 6.06. The molecule has 0 aromatic heterocycles. The van der Waals surface area contributed by atoms with Gasteiger partial charge in [-0.1, -0.05) is 0 Å². The van der Waals surface area contributed by atoms with Crippen molar-refractivity contribution in [3.05, 3.63) is 23.8 Å². The van der Waals surface area contributed by atoms with E-state index in [1.165, 1.54) is 0 Å². The van der Waals surface area contributed by atoms with Gasteiger partial charge in [-0.25, -0.2) is 0 Å². The summed E-state index contributed by atoms with van der Waals surface area (Å²) in [6, 6.07) is 5.73. The molecule has 3 aliphatic heterocycles. The monoisotopic (exact) mass is 399 g/mol. The molecular weight excluding hydrogens is 366 g/mol. The number of amides is 2. The molecule has 158 valence electrons. The van der Waals surface area contributed by atoms with Gasteiger partial charge in [0.1, 0.15) is 6.04 Å². The third-order valence-electron chi connectivity index (χ3n) is 6.56. The molecule has 2 amide bonds. The number of nitrogens with zero attached hydrogens (tertiary/aromatic N) is 4. The van der Waals surface area contributed by atoms with Crippen LogP contribution in [0.2, 0.25) is 0 Å². The molecule has 4 rings (SSSR count). The number of anilines is 2. The number of likely N-dealkylation sites (N-methyl/N-ethyl adjacent to an activating group) is 2. The second-order valence-corrected chi connectivity index (χ2v) is 8.56. The van der Waals surface area contributed by atoms with Crippen LogP contribution < -0.4 is 15.1 Å². The number of benzene rings is 1. The minimum absolute atomic E-state index is 0.0458. The van der Waals surface area contributed by atoms with E-state index in [-0.39, 0.29) is 17.9 Å². The number of carbonyl (C=O) groups excluding carboxylic acids is 2. The molecular formula is C22H33N5O2. The van der Waals surface area contributed by atoms with E-state index in [2.05, 4.69) is 27.1 Å².